The highest BCUT2D eigenvalue weighted by Crippen LogP contribution is 2.34. The Morgan fingerprint density at radius 2 is 1.85 bits per heavy atom. The zero-order valence-corrected chi connectivity index (χ0v) is 12.8. The number of likely N-dealkylation sites (tertiary alicyclic amines) is 1. The maximum Gasteiger partial charge on any atom is 0.0846 e. The molecule has 1 fully saturated rings. The van der Waals surface area contributed by atoms with Gasteiger partial charge >= 0.3 is 0 Å². The van der Waals surface area contributed by atoms with Crippen molar-refractivity contribution in [1.82, 2.24) is 4.90 Å². The number of nitrogens with zero attached hydrogens (tertiary/aromatic N) is 2. The molecule has 108 valence electrons. The van der Waals surface area contributed by atoms with Gasteiger partial charge in [-0.15, -0.1) is 0 Å². The lowest BCUT2D eigenvalue weighted by Gasteiger charge is -2.37. The minimum absolute atomic E-state index is 0.254. The Kier molecular flexibility index (Phi) is 5.20. The quantitative estimate of drug-likeness (QED) is 0.809. The number of hydrogen-bond acceptors (Lipinski definition) is 2. The summed E-state index contributed by atoms with van der Waals surface area (Å²) in [6.07, 6.45) is 4.52. The van der Waals surface area contributed by atoms with Crippen LogP contribution in [0.15, 0.2) is 30.3 Å². The number of benzene rings is 1. The van der Waals surface area contributed by atoms with E-state index in [1.54, 1.807) is 0 Å². The predicted octanol–water partition coefficient (Wildman–Crippen LogP) is 3.98. The fraction of sp³-hybridized carbons (Fsp3) is 0.611. The van der Waals surface area contributed by atoms with E-state index in [9.17, 15) is 5.26 Å². The van der Waals surface area contributed by atoms with E-state index < -0.39 is 0 Å². The molecule has 0 bridgehead atoms. The summed E-state index contributed by atoms with van der Waals surface area (Å²) in [5.74, 6) is 0.794. The minimum Gasteiger partial charge on any atom is -0.303 e. The molecule has 1 aromatic carbocycles. The van der Waals surface area contributed by atoms with Crippen molar-refractivity contribution in [1.29, 1.82) is 5.26 Å². The Balaban J connectivity index is 1.90. The SMILES string of the molecule is CC(C)CCCN1CCC(C#N)(c2ccccc2)CC1. The van der Waals surface area contributed by atoms with Crippen LogP contribution in [0.3, 0.4) is 0 Å². The van der Waals surface area contributed by atoms with E-state index in [0.29, 0.717) is 0 Å². The summed E-state index contributed by atoms with van der Waals surface area (Å²) in [6, 6.07) is 12.9. The summed E-state index contributed by atoms with van der Waals surface area (Å²) >= 11 is 0. The van der Waals surface area contributed by atoms with E-state index in [-0.39, 0.29) is 5.41 Å². The molecule has 2 rings (SSSR count). The Labute approximate surface area is 123 Å². The van der Waals surface area contributed by atoms with Gasteiger partial charge in [0.25, 0.3) is 0 Å². The first-order chi connectivity index (χ1) is 9.66. The van der Waals surface area contributed by atoms with Gasteiger partial charge in [0.1, 0.15) is 0 Å². The van der Waals surface area contributed by atoms with Gasteiger partial charge in [0.15, 0.2) is 0 Å². The van der Waals surface area contributed by atoms with Crippen LogP contribution in [-0.2, 0) is 5.41 Å². The van der Waals surface area contributed by atoms with Gasteiger partial charge in [0, 0.05) is 0 Å². The van der Waals surface area contributed by atoms with Crippen molar-refractivity contribution < 1.29 is 0 Å². The van der Waals surface area contributed by atoms with Gasteiger partial charge in [-0.1, -0.05) is 44.2 Å². The van der Waals surface area contributed by atoms with Crippen molar-refractivity contribution in [2.24, 2.45) is 5.92 Å². The van der Waals surface area contributed by atoms with E-state index in [0.717, 1.165) is 31.8 Å². The van der Waals surface area contributed by atoms with Gasteiger partial charge in [0.2, 0.25) is 0 Å². The highest BCUT2D eigenvalue weighted by atomic mass is 15.1. The summed E-state index contributed by atoms with van der Waals surface area (Å²) in [5, 5.41) is 9.66. The van der Waals surface area contributed by atoms with Gasteiger partial charge in [-0.25, -0.2) is 0 Å². The average molecular weight is 270 g/mol. The Morgan fingerprint density at radius 3 is 2.40 bits per heavy atom. The van der Waals surface area contributed by atoms with Crippen molar-refractivity contribution in [3.63, 3.8) is 0 Å². The lowest BCUT2D eigenvalue weighted by atomic mass is 9.74. The molecule has 0 N–H and O–H groups in total. The molecule has 0 aromatic heterocycles. The van der Waals surface area contributed by atoms with Crippen molar-refractivity contribution in [3.8, 4) is 6.07 Å². The van der Waals surface area contributed by atoms with Gasteiger partial charge in [-0.2, -0.15) is 5.26 Å². The van der Waals surface area contributed by atoms with Crippen LogP contribution in [0.5, 0.6) is 0 Å². The summed E-state index contributed by atoms with van der Waals surface area (Å²) in [4.78, 5) is 2.53. The summed E-state index contributed by atoms with van der Waals surface area (Å²) < 4.78 is 0. The standard InChI is InChI=1S/C18H26N2/c1-16(2)7-6-12-20-13-10-18(15-19,11-14-20)17-8-4-3-5-9-17/h3-5,8-9,16H,6-7,10-14H2,1-2H3. The molecule has 20 heavy (non-hydrogen) atoms. The van der Waals surface area contributed by atoms with Crippen molar-refractivity contribution in [3.05, 3.63) is 35.9 Å². The molecule has 0 aliphatic carbocycles. The van der Waals surface area contributed by atoms with Gasteiger partial charge in [-0.05, 0) is 56.8 Å². The van der Waals surface area contributed by atoms with E-state index in [2.05, 4.69) is 36.9 Å². The molecule has 2 nitrogen and oxygen atoms in total. The lowest BCUT2D eigenvalue weighted by molar-refractivity contribution is 0.181. The lowest BCUT2D eigenvalue weighted by Crippen LogP contribution is -2.42. The Bertz CT molecular complexity index is 436. The van der Waals surface area contributed by atoms with E-state index in [4.69, 9.17) is 0 Å². The maximum absolute atomic E-state index is 9.66. The third kappa shape index (κ3) is 3.61. The molecule has 0 spiro atoms. The first-order valence-electron chi connectivity index (χ1n) is 7.85. The van der Waals surface area contributed by atoms with Crippen LogP contribution in [0.4, 0.5) is 0 Å². The monoisotopic (exact) mass is 270 g/mol. The maximum atomic E-state index is 9.66. The molecule has 1 aliphatic rings. The summed E-state index contributed by atoms with van der Waals surface area (Å²) in [5.41, 5.74) is 0.944. The number of rotatable bonds is 5. The second-order valence-electron chi connectivity index (χ2n) is 6.44. The molecule has 0 amide bonds. The third-order valence-electron chi connectivity index (χ3n) is 4.51. The van der Waals surface area contributed by atoms with Crippen molar-refractivity contribution in [2.75, 3.05) is 19.6 Å². The molecule has 0 atom stereocenters. The Morgan fingerprint density at radius 1 is 1.20 bits per heavy atom. The van der Waals surface area contributed by atoms with Crippen LogP contribution in [0.1, 0.15) is 45.1 Å². The van der Waals surface area contributed by atoms with Gasteiger partial charge < -0.3 is 4.90 Å². The average Bonchev–Trinajstić information content (AvgIpc) is 2.49. The number of nitriles is 1. The fourth-order valence-corrected chi connectivity index (χ4v) is 3.10. The molecule has 2 heteroatoms. The second-order valence-corrected chi connectivity index (χ2v) is 6.44. The highest BCUT2D eigenvalue weighted by molar-refractivity contribution is 5.33. The largest absolute Gasteiger partial charge is 0.303 e. The highest BCUT2D eigenvalue weighted by Gasteiger charge is 2.36. The van der Waals surface area contributed by atoms with E-state index >= 15 is 0 Å². The van der Waals surface area contributed by atoms with Crippen molar-refractivity contribution in [2.45, 2.75) is 44.9 Å². The summed E-state index contributed by atoms with van der Waals surface area (Å²) in [7, 11) is 0. The number of piperidine rings is 1. The Hall–Kier alpha value is -1.33. The normalized spacial score (nSPS) is 18.9. The minimum atomic E-state index is -0.254. The van der Waals surface area contributed by atoms with Crippen molar-refractivity contribution >= 4 is 0 Å². The third-order valence-corrected chi connectivity index (χ3v) is 4.51. The topological polar surface area (TPSA) is 27.0 Å². The van der Waals surface area contributed by atoms with Crippen LogP contribution < -0.4 is 0 Å². The first kappa shape index (κ1) is 15.1. The number of hydrogen-bond donors (Lipinski definition) is 0. The molecule has 0 unspecified atom stereocenters. The molecule has 1 aliphatic heterocycles. The van der Waals surface area contributed by atoms with Crippen LogP contribution in [-0.4, -0.2) is 24.5 Å². The summed E-state index contributed by atoms with van der Waals surface area (Å²) in [6.45, 7) is 7.87. The second kappa shape index (κ2) is 6.90. The molecule has 1 aromatic rings. The zero-order valence-electron chi connectivity index (χ0n) is 12.8. The van der Waals surface area contributed by atoms with E-state index in [1.807, 2.05) is 18.2 Å². The van der Waals surface area contributed by atoms with Crippen LogP contribution in [0, 0.1) is 17.2 Å². The van der Waals surface area contributed by atoms with Crippen LogP contribution >= 0.6 is 0 Å². The molecule has 0 radical (unpaired) electrons. The van der Waals surface area contributed by atoms with E-state index in [1.165, 1.54) is 24.9 Å². The molecular formula is C18H26N2. The predicted molar refractivity (Wildman–Crippen MR) is 83.5 cm³/mol. The molecule has 1 saturated heterocycles. The van der Waals surface area contributed by atoms with Crippen LogP contribution in [0.25, 0.3) is 0 Å². The zero-order chi connectivity index (χ0) is 14.4. The van der Waals surface area contributed by atoms with Gasteiger partial charge in [0.05, 0.1) is 11.5 Å². The first-order valence-corrected chi connectivity index (χ1v) is 7.85. The molecular weight excluding hydrogens is 244 g/mol. The molecule has 1 heterocycles. The fourth-order valence-electron chi connectivity index (χ4n) is 3.10. The van der Waals surface area contributed by atoms with Gasteiger partial charge in [-0.3, -0.25) is 0 Å². The van der Waals surface area contributed by atoms with Crippen LogP contribution in [0.2, 0.25) is 0 Å². The molecule has 0 saturated carbocycles. The smallest absolute Gasteiger partial charge is 0.0846 e.